The van der Waals surface area contributed by atoms with Gasteiger partial charge in [-0.1, -0.05) is 18.2 Å². The van der Waals surface area contributed by atoms with Crippen LogP contribution >= 0.6 is 0 Å². The molecule has 0 spiro atoms. The summed E-state index contributed by atoms with van der Waals surface area (Å²) in [5.74, 6) is -0.145. The van der Waals surface area contributed by atoms with E-state index in [9.17, 15) is 9.59 Å². The molecule has 1 fully saturated rings. The van der Waals surface area contributed by atoms with Gasteiger partial charge in [0.25, 0.3) is 5.91 Å². The second kappa shape index (κ2) is 7.77. The van der Waals surface area contributed by atoms with Crippen molar-refractivity contribution < 1.29 is 9.59 Å². The fourth-order valence-corrected chi connectivity index (χ4v) is 3.04. The summed E-state index contributed by atoms with van der Waals surface area (Å²) in [5.41, 5.74) is 0.633. The summed E-state index contributed by atoms with van der Waals surface area (Å²) < 4.78 is 1.77. The fourth-order valence-electron chi connectivity index (χ4n) is 3.04. The predicted molar refractivity (Wildman–Crippen MR) is 90.4 cm³/mol. The van der Waals surface area contributed by atoms with Crippen molar-refractivity contribution in [1.82, 2.24) is 20.0 Å². The van der Waals surface area contributed by atoms with Gasteiger partial charge in [0.1, 0.15) is 6.04 Å². The highest BCUT2D eigenvalue weighted by atomic mass is 16.2. The second-order valence-corrected chi connectivity index (χ2v) is 5.94. The number of aromatic nitrogens is 2. The molecule has 0 aliphatic carbocycles. The Bertz CT molecular complexity index is 670. The molecule has 1 saturated heterocycles. The molecule has 1 aliphatic heterocycles. The van der Waals surface area contributed by atoms with Crippen molar-refractivity contribution in [2.45, 2.75) is 31.8 Å². The zero-order valence-corrected chi connectivity index (χ0v) is 13.6. The molecular weight excluding hydrogens is 304 g/mol. The highest BCUT2D eigenvalue weighted by Gasteiger charge is 2.32. The average Bonchev–Trinajstić information content (AvgIpc) is 3.15. The quantitative estimate of drug-likeness (QED) is 0.909. The molecule has 1 atom stereocenters. The van der Waals surface area contributed by atoms with Gasteiger partial charge in [-0.05, 0) is 37.5 Å². The number of carbonyl (C=O) groups is 2. The minimum Gasteiger partial charge on any atom is -0.352 e. The van der Waals surface area contributed by atoms with Crippen LogP contribution in [0.2, 0.25) is 0 Å². The molecule has 1 N–H and O–H groups in total. The lowest BCUT2D eigenvalue weighted by atomic mass is 10.00. The molecule has 2 amide bonds. The van der Waals surface area contributed by atoms with E-state index in [2.05, 4.69) is 10.4 Å². The van der Waals surface area contributed by atoms with Crippen molar-refractivity contribution in [3.05, 3.63) is 54.4 Å². The summed E-state index contributed by atoms with van der Waals surface area (Å²) in [5, 5.41) is 7.04. The van der Waals surface area contributed by atoms with Gasteiger partial charge in [0, 0.05) is 31.0 Å². The van der Waals surface area contributed by atoms with Crippen LogP contribution in [0.5, 0.6) is 0 Å². The lowest BCUT2D eigenvalue weighted by molar-refractivity contribution is -0.126. The van der Waals surface area contributed by atoms with Crippen LogP contribution in [0.25, 0.3) is 0 Å². The summed E-state index contributed by atoms with van der Waals surface area (Å²) in [7, 11) is 0. The predicted octanol–water partition coefficient (Wildman–Crippen LogP) is 1.69. The number of nitrogens with zero attached hydrogens (tertiary/aromatic N) is 3. The minimum atomic E-state index is -0.385. The number of hydrogen-bond donors (Lipinski definition) is 1. The van der Waals surface area contributed by atoms with Gasteiger partial charge in [-0.25, -0.2) is 0 Å². The molecule has 3 rings (SSSR count). The first-order chi connectivity index (χ1) is 11.8. The number of amides is 2. The molecule has 1 aromatic heterocycles. The van der Waals surface area contributed by atoms with Gasteiger partial charge in [0.2, 0.25) is 5.91 Å². The fraction of sp³-hybridized carbons (Fsp3) is 0.389. The Morgan fingerprint density at radius 3 is 2.75 bits per heavy atom. The third-order valence-electron chi connectivity index (χ3n) is 4.29. The SMILES string of the molecule is O=C(NCCn1cccn1)[C@@H]1CCCCN1C(=O)c1ccccc1. The van der Waals surface area contributed by atoms with E-state index in [0.717, 1.165) is 12.8 Å². The van der Waals surface area contributed by atoms with Gasteiger partial charge >= 0.3 is 0 Å². The normalized spacial score (nSPS) is 17.5. The molecule has 126 valence electrons. The average molecular weight is 326 g/mol. The molecule has 1 aromatic carbocycles. The Kier molecular flexibility index (Phi) is 5.25. The van der Waals surface area contributed by atoms with E-state index in [0.29, 0.717) is 31.6 Å². The van der Waals surface area contributed by atoms with E-state index in [1.807, 2.05) is 30.5 Å². The maximum Gasteiger partial charge on any atom is 0.254 e. The highest BCUT2D eigenvalue weighted by molar-refractivity contribution is 5.97. The Balaban J connectivity index is 1.61. The summed E-state index contributed by atoms with van der Waals surface area (Å²) in [6.07, 6.45) is 6.19. The van der Waals surface area contributed by atoms with Crippen LogP contribution in [0.15, 0.2) is 48.8 Å². The topological polar surface area (TPSA) is 67.2 Å². The van der Waals surface area contributed by atoms with Crippen LogP contribution in [-0.2, 0) is 11.3 Å². The van der Waals surface area contributed by atoms with Crippen molar-refractivity contribution >= 4 is 11.8 Å². The van der Waals surface area contributed by atoms with Gasteiger partial charge in [-0.3, -0.25) is 14.3 Å². The van der Waals surface area contributed by atoms with Crippen LogP contribution in [0.3, 0.4) is 0 Å². The van der Waals surface area contributed by atoms with Crippen LogP contribution in [0.4, 0.5) is 0 Å². The molecule has 0 bridgehead atoms. The molecule has 0 radical (unpaired) electrons. The first-order valence-electron chi connectivity index (χ1n) is 8.37. The third kappa shape index (κ3) is 3.82. The number of likely N-dealkylation sites (tertiary alicyclic amines) is 1. The van der Waals surface area contributed by atoms with Crippen molar-refractivity contribution in [3.63, 3.8) is 0 Å². The number of piperidine rings is 1. The van der Waals surface area contributed by atoms with Crippen LogP contribution in [0, 0.1) is 0 Å². The van der Waals surface area contributed by atoms with Gasteiger partial charge in [0.15, 0.2) is 0 Å². The molecule has 6 heteroatoms. The Hall–Kier alpha value is -2.63. The van der Waals surface area contributed by atoms with Gasteiger partial charge in [-0.15, -0.1) is 0 Å². The summed E-state index contributed by atoms with van der Waals surface area (Å²) in [6.45, 7) is 1.76. The van der Waals surface area contributed by atoms with E-state index in [1.165, 1.54) is 0 Å². The number of rotatable bonds is 5. The van der Waals surface area contributed by atoms with E-state index < -0.39 is 0 Å². The maximum atomic E-state index is 12.7. The first kappa shape index (κ1) is 16.2. The van der Waals surface area contributed by atoms with Crippen LogP contribution < -0.4 is 5.32 Å². The molecule has 0 saturated carbocycles. The number of carbonyl (C=O) groups excluding carboxylic acids is 2. The third-order valence-corrected chi connectivity index (χ3v) is 4.29. The molecule has 0 unspecified atom stereocenters. The van der Waals surface area contributed by atoms with Gasteiger partial charge in [-0.2, -0.15) is 5.10 Å². The summed E-state index contributed by atoms with van der Waals surface area (Å²) in [4.78, 5) is 27.0. The molecule has 2 heterocycles. The van der Waals surface area contributed by atoms with Crippen molar-refractivity contribution in [2.24, 2.45) is 0 Å². The van der Waals surface area contributed by atoms with E-state index in [1.54, 1.807) is 27.9 Å². The lowest BCUT2D eigenvalue weighted by Gasteiger charge is -2.34. The lowest BCUT2D eigenvalue weighted by Crippen LogP contribution is -2.52. The largest absolute Gasteiger partial charge is 0.352 e. The van der Waals surface area contributed by atoms with Crippen LogP contribution in [-0.4, -0.2) is 45.6 Å². The Morgan fingerprint density at radius 2 is 2.00 bits per heavy atom. The Labute approximate surface area is 141 Å². The Morgan fingerprint density at radius 1 is 1.17 bits per heavy atom. The number of benzene rings is 1. The maximum absolute atomic E-state index is 12.7. The van der Waals surface area contributed by atoms with Crippen LogP contribution in [0.1, 0.15) is 29.6 Å². The molecular formula is C18H22N4O2. The standard InChI is InChI=1S/C18H22N4O2/c23-17(19-11-14-21-12-6-10-20-21)16-9-4-5-13-22(16)18(24)15-7-2-1-3-8-15/h1-3,6-8,10,12,16H,4-5,9,11,13-14H2,(H,19,23)/t16-/m0/s1. The van der Waals surface area contributed by atoms with Crippen molar-refractivity contribution in [1.29, 1.82) is 0 Å². The smallest absolute Gasteiger partial charge is 0.254 e. The van der Waals surface area contributed by atoms with E-state index in [4.69, 9.17) is 0 Å². The highest BCUT2D eigenvalue weighted by Crippen LogP contribution is 2.20. The molecule has 1 aliphatic rings. The van der Waals surface area contributed by atoms with Crippen molar-refractivity contribution in [2.75, 3.05) is 13.1 Å². The van der Waals surface area contributed by atoms with E-state index >= 15 is 0 Å². The zero-order chi connectivity index (χ0) is 16.8. The zero-order valence-electron chi connectivity index (χ0n) is 13.6. The van der Waals surface area contributed by atoms with E-state index in [-0.39, 0.29) is 17.9 Å². The molecule has 24 heavy (non-hydrogen) atoms. The second-order valence-electron chi connectivity index (χ2n) is 5.94. The monoisotopic (exact) mass is 326 g/mol. The van der Waals surface area contributed by atoms with Crippen molar-refractivity contribution in [3.8, 4) is 0 Å². The summed E-state index contributed by atoms with van der Waals surface area (Å²) in [6, 6.07) is 10.6. The molecule has 6 nitrogen and oxygen atoms in total. The van der Waals surface area contributed by atoms with Gasteiger partial charge in [0.05, 0.1) is 6.54 Å². The first-order valence-corrected chi connectivity index (χ1v) is 8.37. The minimum absolute atomic E-state index is 0.0671. The number of nitrogens with one attached hydrogen (secondary N) is 1. The summed E-state index contributed by atoms with van der Waals surface area (Å²) >= 11 is 0. The number of hydrogen-bond acceptors (Lipinski definition) is 3. The molecule has 2 aromatic rings. The van der Waals surface area contributed by atoms with Gasteiger partial charge < -0.3 is 10.2 Å².